The van der Waals surface area contributed by atoms with E-state index in [1.807, 2.05) is 0 Å². The monoisotopic (exact) mass is 769 g/mol. The molecule has 0 aliphatic heterocycles. The van der Waals surface area contributed by atoms with Gasteiger partial charge in [-0.1, -0.05) is 140 Å². The molecule has 12 rings (SSSR count). The van der Waals surface area contributed by atoms with Crippen LogP contribution in [-0.4, -0.2) is 0 Å². The van der Waals surface area contributed by atoms with Gasteiger partial charge in [0.05, 0.1) is 0 Å². The summed E-state index contributed by atoms with van der Waals surface area (Å²) in [6, 6.07) is 55.9. The van der Waals surface area contributed by atoms with Gasteiger partial charge in [0, 0.05) is 38.8 Å². The van der Waals surface area contributed by atoms with Crippen LogP contribution in [0.5, 0.6) is 0 Å². The number of benzene rings is 8. The van der Waals surface area contributed by atoms with Crippen molar-refractivity contribution < 1.29 is 4.42 Å². The lowest BCUT2D eigenvalue weighted by Crippen LogP contribution is -2.19. The summed E-state index contributed by atoms with van der Waals surface area (Å²) in [5.74, 6) is 0. The topological polar surface area (TPSA) is 16.4 Å². The molecule has 0 N–H and O–H groups in total. The van der Waals surface area contributed by atoms with Crippen molar-refractivity contribution in [2.75, 3.05) is 4.90 Å². The fourth-order valence-electron chi connectivity index (χ4n) is 10.2. The molecule has 286 valence electrons. The maximum absolute atomic E-state index is 6.56. The average molecular weight is 770 g/mol. The van der Waals surface area contributed by atoms with Crippen LogP contribution in [0.15, 0.2) is 186 Å². The molecule has 2 heteroatoms. The summed E-state index contributed by atoms with van der Waals surface area (Å²) in [5, 5.41) is 7.16. The molecule has 0 unspecified atom stereocenters. The van der Waals surface area contributed by atoms with Crippen molar-refractivity contribution in [3.8, 4) is 22.3 Å². The highest BCUT2D eigenvalue weighted by atomic mass is 16.3. The van der Waals surface area contributed by atoms with E-state index in [4.69, 9.17) is 4.42 Å². The number of allylic oxidation sites excluding steroid dienone is 6. The minimum atomic E-state index is 0.915. The molecule has 0 radical (unpaired) electrons. The van der Waals surface area contributed by atoms with Crippen LogP contribution in [0.25, 0.3) is 83.5 Å². The van der Waals surface area contributed by atoms with Crippen molar-refractivity contribution in [2.45, 2.75) is 38.5 Å². The Balaban J connectivity index is 1.01. The van der Waals surface area contributed by atoms with Gasteiger partial charge in [-0.05, 0) is 153 Å². The lowest BCUT2D eigenvalue weighted by molar-refractivity contribution is 0.672. The first-order chi connectivity index (χ1) is 29.7. The maximum atomic E-state index is 6.56. The van der Waals surface area contributed by atoms with Crippen molar-refractivity contribution in [1.82, 2.24) is 0 Å². The highest BCUT2D eigenvalue weighted by Gasteiger charge is 2.24. The van der Waals surface area contributed by atoms with Crippen LogP contribution < -0.4 is 4.90 Å². The van der Waals surface area contributed by atoms with Crippen molar-refractivity contribution in [3.05, 3.63) is 209 Å². The molecule has 3 aliphatic rings. The van der Waals surface area contributed by atoms with E-state index in [1.165, 1.54) is 66.4 Å². The van der Waals surface area contributed by atoms with E-state index >= 15 is 0 Å². The predicted molar refractivity (Wildman–Crippen MR) is 255 cm³/mol. The Kier molecular flexibility index (Phi) is 8.30. The first kappa shape index (κ1) is 34.8. The van der Waals surface area contributed by atoms with E-state index in [1.54, 1.807) is 11.1 Å². The van der Waals surface area contributed by atoms with Crippen molar-refractivity contribution in [2.24, 2.45) is 0 Å². The summed E-state index contributed by atoms with van der Waals surface area (Å²) in [4.78, 5) is 2.51. The Morgan fingerprint density at radius 3 is 1.90 bits per heavy atom. The van der Waals surface area contributed by atoms with Gasteiger partial charge in [-0.3, -0.25) is 0 Å². The van der Waals surface area contributed by atoms with Crippen molar-refractivity contribution >= 4 is 72.6 Å². The Hall–Kier alpha value is -7.16. The number of nitrogens with zero attached hydrogens (tertiary/aromatic N) is 1. The third-order valence-electron chi connectivity index (χ3n) is 13.1. The first-order valence-corrected chi connectivity index (χ1v) is 21.5. The minimum absolute atomic E-state index is 0.915. The van der Waals surface area contributed by atoms with E-state index in [0.717, 1.165) is 77.2 Å². The number of fused-ring (bicyclic) bond motifs is 9. The Morgan fingerprint density at radius 2 is 1.08 bits per heavy atom. The number of furan rings is 1. The van der Waals surface area contributed by atoms with Crippen LogP contribution in [0, 0.1) is 0 Å². The standard InChI is InChI=1S/C58H43NO/c1-4-16-46-38(12-1)15-11-22-47(46)40-24-30-44(31-25-40)59(45-32-26-41(27-33-45)54-36-42-14-3-5-17-48(42)51-20-7-8-21-52(51)54)56-23-10-9-18-49(56)43-29-35-57-55(37-43)53-34-28-39-13-2-6-19-50(39)58(53)60-57/h1-4,6,8-9,11-16,18-19,21-22,24-37H,5,7,10,17,20,23H2. The molecule has 0 saturated carbocycles. The fraction of sp³-hybridized carbons (Fsp3) is 0.103. The van der Waals surface area contributed by atoms with Crippen molar-refractivity contribution in [3.63, 3.8) is 0 Å². The zero-order valence-corrected chi connectivity index (χ0v) is 33.5. The molecule has 1 aromatic heterocycles. The second-order valence-electron chi connectivity index (χ2n) is 16.5. The molecule has 9 aromatic rings. The minimum Gasteiger partial charge on any atom is -0.455 e. The molecule has 8 aromatic carbocycles. The molecule has 0 bridgehead atoms. The fourth-order valence-corrected chi connectivity index (χ4v) is 10.2. The molecular formula is C58H43NO. The second kappa shape index (κ2) is 14.3. The summed E-state index contributed by atoms with van der Waals surface area (Å²) >= 11 is 0. The second-order valence-corrected chi connectivity index (χ2v) is 16.5. The molecule has 1 heterocycles. The van der Waals surface area contributed by atoms with E-state index < -0.39 is 0 Å². The average Bonchev–Trinajstić information content (AvgIpc) is 3.70. The highest BCUT2D eigenvalue weighted by molar-refractivity contribution is 6.15. The van der Waals surface area contributed by atoms with Gasteiger partial charge in [-0.15, -0.1) is 0 Å². The normalized spacial score (nSPS) is 14.7. The van der Waals surface area contributed by atoms with Gasteiger partial charge in [0.15, 0.2) is 0 Å². The van der Waals surface area contributed by atoms with Gasteiger partial charge in [-0.2, -0.15) is 0 Å². The molecule has 0 spiro atoms. The lowest BCUT2D eigenvalue weighted by Gasteiger charge is -2.32. The van der Waals surface area contributed by atoms with E-state index in [0.29, 0.717) is 0 Å². The Bertz CT molecular complexity index is 3290. The van der Waals surface area contributed by atoms with Gasteiger partial charge in [0.1, 0.15) is 11.2 Å². The molecule has 2 nitrogen and oxygen atoms in total. The Morgan fingerprint density at radius 1 is 0.433 bits per heavy atom. The molecule has 3 aliphatic carbocycles. The summed E-state index contributed by atoms with van der Waals surface area (Å²) in [6.07, 6.45) is 20.5. The molecule has 60 heavy (non-hydrogen) atoms. The number of anilines is 2. The quantitative estimate of drug-likeness (QED) is 0.167. The summed E-state index contributed by atoms with van der Waals surface area (Å²) in [5.41, 5.74) is 18.8. The van der Waals surface area contributed by atoms with Crippen molar-refractivity contribution in [1.29, 1.82) is 0 Å². The van der Waals surface area contributed by atoms with Gasteiger partial charge in [0.2, 0.25) is 0 Å². The molecule has 0 atom stereocenters. The van der Waals surface area contributed by atoms with Gasteiger partial charge in [0.25, 0.3) is 0 Å². The van der Waals surface area contributed by atoms with Crippen LogP contribution in [-0.2, 0) is 12.8 Å². The van der Waals surface area contributed by atoms with E-state index in [9.17, 15) is 0 Å². The van der Waals surface area contributed by atoms with Crippen LogP contribution in [0.1, 0.15) is 53.5 Å². The molecule has 0 amide bonds. The van der Waals surface area contributed by atoms with Gasteiger partial charge in [-0.25, -0.2) is 0 Å². The number of hydrogen-bond donors (Lipinski definition) is 0. The van der Waals surface area contributed by atoms with Crippen LogP contribution in [0.3, 0.4) is 0 Å². The summed E-state index contributed by atoms with van der Waals surface area (Å²) in [7, 11) is 0. The van der Waals surface area contributed by atoms with Gasteiger partial charge < -0.3 is 9.32 Å². The van der Waals surface area contributed by atoms with Crippen LogP contribution in [0.2, 0.25) is 0 Å². The molecule has 0 saturated heterocycles. The zero-order valence-electron chi connectivity index (χ0n) is 33.5. The van der Waals surface area contributed by atoms with Gasteiger partial charge >= 0.3 is 0 Å². The van der Waals surface area contributed by atoms with E-state index in [2.05, 4.69) is 193 Å². The Labute approximate surface area is 350 Å². The first-order valence-electron chi connectivity index (χ1n) is 21.5. The molecular weight excluding hydrogens is 727 g/mol. The SMILES string of the molecule is C1=CC(c2ccc3oc4c5ccccc5ccc4c3c2)=C(N(c2ccc(-c3cc4c(c5c3C=CCC5)CCC=C4)cc2)c2ccc(-c3cccc4ccccc34)cc2)CC1. The molecule has 0 fully saturated rings. The third kappa shape index (κ3) is 5.78. The summed E-state index contributed by atoms with van der Waals surface area (Å²) < 4.78 is 6.56. The number of rotatable bonds is 6. The van der Waals surface area contributed by atoms with Crippen LogP contribution in [0.4, 0.5) is 11.4 Å². The smallest absolute Gasteiger partial charge is 0.143 e. The van der Waals surface area contributed by atoms with Crippen LogP contribution >= 0.6 is 0 Å². The largest absolute Gasteiger partial charge is 0.455 e. The lowest BCUT2D eigenvalue weighted by atomic mass is 9.81. The third-order valence-corrected chi connectivity index (χ3v) is 13.1. The van der Waals surface area contributed by atoms with E-state index in [-0.39, 0.29) is 0 Å². The number of hydrogen-bond acceptors (Lipinski definition) is 2. The predicted octanol–water partition coefficient (Wildman–Crippen LogP) is 16.0. The maximum Gasteiger partial charge on any atom is 0.143 e. The zero-order chi connectivity index (χ0) is 39.6. The highest BCUT2D eigenvalue weighted by Crippen LogP contribution is 2.44. The summed E-state index contributed by atoms with van der Waals surface area (Å²) in [6.45, 7) is 0.